The lowest BCUT2D eigenvalue weighted by Crippen LogP contribution is -2.28. The van der Waals surface area contributed by atoms with Crippen molar-refractivity contribution in [3.63, 3.8) is 0 Å². The molecule has 1 heterocycles. The second kappa shape index (κ2) is 7.30. The quantitative estimate of drug-likeness (QED) is 0.883. The highest BCUT2D eigenvalue weighted by Gasteiger charge is 2.37. The zero-order chi connectivity index (χ0) is 19.6. The van der Waals surface area contributed by atoms with Gasteiger partial charge in [-0.05, 0) is 36.4 Å². The molecule has 0 spiro atoms. The topological polar surface area (TPSA) is 58.6 Å². The van der Waals surface area contributed by atoms with Crippen molar-refractivity contribution in [1.29, 1.82) is 0 Å². The van der Waals surface area contributed by atoms with Gasteiger partial charge in [0.15, 0.2) is 0 Å². The van der Waals surface area contributed by atoms with Crippen molar-refractivity contribution in [2.24, 2.45) is 5.92 Å². The first-order valence-electron chi connectivity index (χ1n) is 8.21. The van der Waals surface area contributed by atoms with Gasteiger partial charge in [-0.15, -0.1) is 0 Å². The predicted octanol–water partition coefficient (Wildman–Crippen LogP) is 3.71. The largest absolute Gasteiger partial charge is 0.497 e. The summed E-state index contributed by atoms with van der Waals surface area (Å²) in [7, 11) is 1.52. The molecule has 8 heteroatoms. The average molecular weight is 378 g/mol. The van der Waals surface area contributed by atoms with Gasteiger partial charge in [0.2, 0.25) is 11.8 Å². The van der Waals surface area contributed by atoms with Crippen molar-refractivity contribution in [3.8, 4) is 5.75 Å². The molecule has 5 nitrogen and oxygen atoms in total. The van der Waals surface area contributed by atoms with Gasteiger partial charge in [0, 0.05) is 18.7 Å². The van der Waals surface area contributed by atoms with E-state index < -0.39 is 23.6 Å². The highest BCUT2D eigenvalue weighted by molar-refractivity contribution is 6.03. The van der Waals surface area contributed by atoms with E-state index in [0.29, 0.717) is 11.4 Å². The molecule has 0 unspecified atom stereocenters. The fourth-order valence-electron chi connectivity index (χ4n) is 2.97. The minimum Gasteiger partial charge on any atom is -0.497 e. The number of para-hydroxylation sites is 1. The van der Waals surface area contributed by atoms with E-state index >= 15 is 0 Å². The van der Waals surface area contributed by atoms with Crippen molar-refractivity contribution in [3.05, 3.63) is 54.1 Å². The molecule has 2 amide bonds. The van der Waals surface area contributed by atoms with Gasteiger partial charge in [0.25, 0.3) is 0 Å². The highest BCUT2D eigenvalue weighted by Crippen LogP contribution is 2.35. The van der Waals surface area contributed by atoms with Crippen LogP contribution in [0.4, 0.5) is 24.5 Å². The Kier molecular flexibility index (Phi) is 5.07. The number of anilines is 2. The number of ether oxygens (including phenoxy) is 1. The molecule has 0 aliphatic carbocycles. The molecule has 1 saturated heterocycles. The van der Waals surface area contributed by atoms with E-state index in [0.717, 1.165) is 6.07 Å². The van der Waals surface area contributed by atoms with Crippen LogP contribution >= 0.6 is 0 Å². The second-order valence-electron chi connectivity index (χ2n) is 6.14. The van der Waals surface area contributed by atoms with Gasteiger partial charge < -0.3 is 15.0 Å². The van der Waals surface area contributed by atoms with Gasteiger partial charge in [-0.25, -0.2) is 0 Å². The predicted molar refractivity (Wildman–Crippen MR) is 93.5 cm³/mol. The summed E-state index contributed by atoms with van der Waals surface area (Å²) in [5, 5.41) is 2.31. The van der Waals surface area contributed by atoms with Gasteiger partial charge in [-0.1, -0.05) is 12.1 Å². The molecule has 27 heavy (non-hydrogen) atoms. The number of nitrogens with zero attached hydrogens (tertiary/aromatic N) is 1. The first kappa shape index (κ1) is 18.8. The molecule has 0 aromatic heterocycles. The van der Waals surface area contributed by atoms with Crippen LogP contribution in [0.1, 0.15) is 12.0 Å². The number of carbonyl (C=O) groups is 2. The first-order valence-corrected chi connectivity index (χ1v) is 8.21. The SMILES string of the molecule is COc1ccc(N2C[C@@H](C(=O)Nc3ccccc3C(F)(F)F)CC2=O)cc1. The van der Waals surface area contributed by atoms with Crippen LogP contribution in [0.3, 0.4) is 0 Å². The first-order chi connectivity index (χ1) is 12.8. The van der Waals surface area contributed by atoms with Crippen LogP contribution in [0, 0.1) is 5.92 Å². The van der Waals surface area contributed by atoms with E-state index in [4.69, 9.17) is 4.74 Å². The van der Waals surface area contributed by atoms with Gasteiger partial charge in [0.1, 0.15) is 5.75 Å². The Morgan fingerprint density at radius 2 is 1.81 bits per heavy atom. The maximum atomic E-state index is 13.1. The molecule has 0 saturated carbocycles. The van der Waals surface area contributed by atoms with E-state index in [1.165, 1.54) is 30.2 Å². The fourth-order valence-corrected chi connectivity index (χ4v) is 2.97. The molecule has 1 fully saturated rings. The number of nitrogens with one attached hydrogen (secondary N) is 1. The van der Waals surface area contributed by atoms with Gasteiger partial charge in [-0.2, -0.15) is 13.2 Å². The van der Waals surface area contributed by atoms with E-state index in [-0.39, 0.29) is 24.6 Å². The van der Waals surface area contributed by atoms with Crippen LogP contribution in [0.5, 0.6) is 5.75 Å². The Balaban J connectivity index is 1.73. The Morgan fingerprint density at radius 1 is 1.15 bits per heavy atom. The number of halogens is 3. The van der Waals surface area contributed by atoms with Crippen molar-refractivity contribution < 1.29 is 27.5 Å². The summed E-state index contributed by atoms with van der Waals surface area (Å²) < 4.78 is 44.2. The van der Waals surface area contributed by atoms with E-state index in [1.54, 1.807) is 24.3 Å². The average Bonchev–Trinajstić information content (AvgIpc) is 3.03. The summed E-state index contributed by atoms with van der Waals surface area (Å²) in [5.74, 6) is -0.982. The Bertz CT molecular complexity index is 850. The molecule has 0 radical (unpaired) electrons. The lowest BCUT2D eigenvalue weighted by Gasteiger charge is -2.18. The second-order valence-corrected chi connectivity index (χ2v) is 6.14. The molecular formula is C19H17F3N2O3. The van der Waals surface area contributed by atoms with Gasteiger partial charge in [-0.3, -0.25) is 9.59 Å². The summed E-state index contributed by atoms with van der Waals surface area (Å²) in [6.07, 6.45) is -4.64. The van der Waals surface area contributed by atoms with Gasteiger partial charge in [0.05, 0.1) is 24.3 Å². The van der Waals surface area contributed by atoms with Gasteiger partial charge >= 0.3 is 6.18 Å². The van der Waals surface area contributed by atoms with Crippen molar-refractivity contribution >= 4 is 23.2 Å². The molecule has 2 aromatic carbocycles. The van der Waals surface area contributed by atoms with Crippen molar-refractivity contribution in [1.82, 2.24) is 0 Å². The summed E-state index contributed by atoms with van der Waals surface area (Å²) >= 11 is 0. The van der Waals surface area contributed by atoms with E-state index in [2.05, 4.69) is 5.32 Å². The third-order valence-electron chi connectivity index (χ3n) is 4.37. The maximum Gasteiger partial charge on any atom is 0.418 e. The Morgan fingerprint density at radius 3 is 2.44 bits per heavy atom. The number of hydrogen-bond acceptors (Lipinski definition) is 3. The molecule has 142 valence electrons. The molecule has 1 aliphatic rings. The smallest absolute Gasteiger partial charge is 0.418 e. The lowest BCUT2D eigenvalue weighted by molar-refractivity contribution is -0.137. The maximum absolute atomic E-state index is 13.1. The Hall–Kier alpha value is -3.03. The molecule has 2 aromatic rings. The lowest BCUT2D eigenvalue weighted by atomic mass is 10.1. The molecule has 1 atom stereocenters. The van der Waals surface area contributed by atoms with Crippen LogP contribution in [0.15, 0.2) is 48.5 Å². The van der Waals surface area contributed by atoms with Crippen LogP contribution in [-0.2, 0) is 15.8 Å². The summed E-state index contributed by atoms with van der Waals surface area (Å²) in [5.41, 5.74) is -0.633. The molecule has 1 N–H and O–H groups in total. The number of carbonyl (C=O) groups excluding carboxylic acids is 2. The zero-order valence-electron chi connectivity index (χ0n) is 14.4. The van der Waals surface area contributed by atoms with Crippen LogP contribution in [0.25, 0.3) is 0 Å². The number of rotatable bonds is 4. The van der Waals surface area contributed by atoms with Crippen molar-refractivity contribution in [2.75, 3.05) is 23.9 Å². The summed E-state index contributed by atoms with van der Waals surface area (Å²) in [4.78, 5) is 26.1. The van der Waals surface area contributed by atoms with Crippen molar-refractivity contribution in [2.45, 2.75) is 12.6 Å². The summed E-state index contributed by atoms with van der Waals surface area (Å²) in [6.45, 7) is 0.102. The van der Waals surface area contributed by atoms with E-state index in [1.807, 2.05) is 0 Å². The zero-order valence-corrected chi connectivity index (χ0v) is 14.4. The summed E-state index contributed by atoms with van der Waals surface area (Å²) in [6, 6.07) is 11.5. The highest BCUT2D eigenvalue weighted by atomic mass is 19.4. The number of hydrogen-bond donors (Lipinski definition) is 1. The number of benzene rings is 2. The third kappa shape index (κ3) is 4.05. The number of alkyl halides is 3. The molecular weight excluding hydrogens is 361 g/mol. The van der Waals surface area contributed by atoms with E-state index in [9.17, 15) is 22.8 Å². The number of amides is 2. The molecule has 3 rings (SSSR count). The molecule has 0 bridgehead atoms. The molecule has 1 aliphatic heterocycles. The number of methoxy groups -OCH3 is 1. The fraction of sp³-hybridized carbons (Fsp3) is 0.263. The third-order valence-corrected chi connectivity index (χ3v) is 4.37. The normalized spacial score (nSPS) is 17.1. The van der Waals surface area contributed by atoms with Crippen LogP contribution in [0.2, 0.25) is 0 Å². The van der Waals surface area contributed by atoms with Crippen LogP contribution < -0.4 is 15.0 Å². The van der Waals surface area contributed by atoms with Crippen LogP contribution in [-0.4, -0.2) is 25.5 Å². The monoisotopic (exact) mass is 378 g/mol. The standard InChI is InChI=1S/C19H17F3N2O3/c1-27-14-8-6-13(7-9-14)24-11-12(10-17(24)25)18(26)23-16-5-3-2-4-15(16)19(20,21)22/h2-9,12H,10-11H2,1H3,(H,23,26)/t12-/m0/s1. The minimum absolute atomic E-state index is 0.0634. The minimum atomic E-state index is -4.58. The Labute approximate surface area is 153 Å².